The van der Waals surface area contributed by atoms with Gasteiger partial charge in [0, 0.05) is 4.47 Å². The second-order valence-corrected chi connectivity index (χ2v) is 4.87. The van der Waals surface area contributed by atoms with Gasteiger partial charge in [-0.25, -0.2) is 4.79 Å². The zero-order chi connectivity index (χ0) is 14.5. The van der Waals surface area contributed by atoms with Crippen molar-refractivity contribution in [2.75, 3.05) is 6.61 Å². The molecule has 0 heterocycles. The Labute approximate surface area is 125 Å². The minimum absolute atomic E-state index is 0.113. The molecule has 0 saturated carbocycles. The van der Waals surface area contributed by atoms with Crippen LogP contribution in [0.4, 0.5) is 0 Å². The Bertz CT molecular complexity index is 608. The Morgan fingerprint density at radius 3 is 2.40 bits per heavy atom. The standard InChI is InChI=1S/C15H13BrO4/c1-2-19-11-4-6-12(7-5-11)20-14-9-10(16)3-8-13(14)15(17)18/h3-9H,2H2,1H3,(H,17,18). The van der Waals surface area contributed by atoms with Crippen LogP contribution in [0.3, 0.4) is 0 Å². The van der Waals surface area contributed by atoms with Crippen molar-refractivity contribution in [1.82, 2.24) is 0 Å². The molecule has 1 N–H and O–H groups in total. The lowest BCUT2D eigenvalue weighted by atomic mass is 10.2. The number of carboxylic acid groups (broad SMARTS) is 1. The van der Waals surface area contributed by atoms with Crippen LogP contribution in [0.15, 0.2) is 46.9 Å². The van der Waals surface area contributed by atoms with Crippen molar-refractivity contribution in [1.29, 1.82) is 0 Å². The highest BCUT2D eigenvalue weighted by atomic mass is 79.9. The molecule has 5 heteroatoms. The van der Waals surface area contributed by atoms with E-state index in [1.807, 2.05) is 6.92 Å². The van der Waals surface area contributed by atoms with Crippen LogP contribution in [-0.2, 0) is 0 Å². The van der Waals surface area contributed by atoms with Gasteiger partial charge >= 0.3 is 5.97 Å². The average molecular weight is 337 g/mol. The number of aromatic carboxylic acids is 1. The van der Waals surface area contributed by atoms with E-state index in [9.17, 15) is 4.79 Å². The Morgan fingerprint density at radius 2 is 1.80 bits per heavy atom. The number of ether oxygens (including phenoxy) is 2. The molecule has 0 bridgehead atoms. The Hall–Kier alpha value is -2.01. The molecule has 0 fully saturated rings. The largest absolute Gasteiger partial charge is 0.494 e. The molecule has 0 aliphatic rings. The highest BCUT2D eigenvalue weighted by Gasteiger charge is 2.12. The topological polar surface area (TPSA) is 55.8 Å². The molecule has 0 radical (unpaired) electrons. The van der Waals surface area contributed by atoms with Gasteiger partial charge in [-0.3, -0.25) is 0 Å². The first-order chi connectivity index (χ1) is 9.60. The van der Waals surface area contributed by atoms with Crippen molar-refractivity contribution in [3.8, 4) is 17.2 Å². The lowest BCUT2D eigenvalue weighted by Crippen LogP contribution is -2.00. The van der Waals surface area contributed by atoms with Gasteiger partial charge in [-0.2, -0.15) is 0 Å². The van der Waals surface area contributed by atoms with Gasteiger partial charge in [0.1, 0.15) is 22.8 Å². The molecule has 0 aromatic heterocycles. The summed E-state index contributed by atoms with van der Waals surface area (Å²) in [6, 6.07) is 11.8. The minimum atomic E-state index is -1.03. The predicted octanol–water partition coefficient (Wildman–Crippen LogP) is 4.34. The summed E-state index contributed by atoms with van der Waals surface area (Å²) in [4.78, 5) is 11.1. The van der Waals surface area contributed by atoms with Crippen molar-refractivity contribution in [2.45, 2.75) is 6.92 Å². The fraction of sp³-hybridized carbons (Fsp3) is 0.133. The molecule has 2 aromatic carbocycles. The smallest absolute Gasteiger partial charge is 0.339 e. The maximum Gasteiger partial charge on any atom is 0.339 e. The Kier molecular flexibility index (Phi) is 4.63. The van der Waals surface area contributed by atoms with Gasteiger partial charge in [0.05, 0.1) is 6.61 Å². The van der Waals surface area contributed by atoms with Gasteiger partial charge in [-0.1, -0.05) is 15.9 Å². The van der Waals surface area contributed by atoms with E-state index in [1.165, 1.54) is 6.07 Å². The lowest BCUT2D eigenvalue weighted by Gasteiger charge is -2.10. The van der Waals surface area contributed by atoms with Crippen LogP contribution in [0.2, 0.25) is 0 Å². The summed E-state index contributed by atoms with van der Waals surface area (Å²) in [5, 5.41) is 9.13. The third-order valence-corrected chi connectivity index (χ3v) is 3.03. The summed E-state index contributed by atoms with van der Waals surface area (Å²) in [6.07, 6.45) is 0. The fourth-order valence-electron chi connectivity index (χ4n) is 1.65. The number of hydrogen-bond donors (Lipinski definition) is 1. The molecule has 0 amide bonds. The van der Waals surface area contributed by atoms with Gasteiger partial charge < -0.3 is 14.6 Å². The van der Waals surface area contributed by atoms with Gasteiger partial charge in [0.2, 0.25) is 0 Å². The molecule has 104 valence electrons. The first-order valence-electron chi connectivity index (χ1n) is 6.03. The molecule has 0 atom stereocenters. The zero-order valence-corrected chi connectivity index (χ0v) is 12.4. The van der Waals surface area contributed by atoms with E-state index in [0.717, 1.165) is 10.2 Å². The SMILES string of the molecule is CCOc1ccc(Oc2cc(Br)ccc2C(=O)O)cc1. The molecule has 20 heavy (non-hydrogen) atoms. The summed E-state index contributed by atoms with van der Waals surface area (Å²) in [6.45, 7) is 2.50. The molecular formula is C15H13BrO4. The number of carbonyl (C=O) groups is 1. The van der Waals surface area contributed by atoms with Crippen LogP contribution >= 0.6 is 15.9 Å². The highest BCUT2D eigenvalue weighted by molar-refractivity contribution is 9.10. The van der Waals surface area contributed by atoms with Gasteiger partial charge in [0.15, 0.2) is 0 Å². The highest BCUT2D eigenvalue weighted by Crippen LogP contribution is 2.29. The number of carboxylic acids is 1. The van der Waals surface area contributed by atoms with Crippen molar-refractivity contribution in [2.24, 2.45) is 0 Å². The second-order valence-electron chi connectivity index (χ2n) is 3.95. The molecule has 4 nitrogen and oxygen atoms in total. The zero-order valence-electron chi connectivity index (χ0n) is 10.8. The van der Waals surface area contributed by atoms with Crippen LogP contribution in [0, 0.1) is 0 Å². The summed E-state index contributed by atoms with van der Waals surface area (Å²) in [5.74, 6) is 0.552. The van der Waals surface area contributed by atoms with Gasteiger partial charge in [-0.15, -0.1) is 0 Å². The van der Waals surface area contributed by atoms with E-state index < -0.39 is 5.97 Å². The van der Waals surface area contributed by atoms with E-state index in [2.05, 4.69) is 15.9 Å². The van der Waals surface area contributed by atoms with Crippen molar-refractivity contribution in [3.63, 3.8) is 0 Å². The van der Waals surface area contributed by atoms with Crippen molar-refractivity contribution < 1.29 is 19.4 Å². The van der Waals surface area contributed by atoms with E-state index in [-0.39, 0.29) is 11.3 Å². The lowest BCUT2D eigenvalue weighted by molar-refractivity contribution is 0.0694. The molecule has 0 aliphatic heterocycles. The normalized spacial score (nSPS) is 10.1. The van der Waals surface area contributed by atoms with Crippen LogP contribution in [0.5, 0.6) is 17.2 Å². The van der Waals surface area contributed by atoms with Crippen LogP contribution in [0.25, 0.3) is 0 Å². The molecule has 2 rings (SSSR count). The van der Waals surface area contributed by atoms with Crippen LogP contribution in [-0.4, -0.2) is 17.7 Å². The maximum atomic E-state index is 11.1. The first-order valence-corrected chi connectivity index (χ1v) is 6.83. The quantitative estimate of drug-likeness (QED) is 0.882. The number of halogens is 1. The van der Waals surface area contributed by atoms with Crippen molar-refractivity contribution in [3.05, 3.63) is 52.5 Å². The first kappa shape index (κ1) is 14.4. The third kappa shape index (κ3) is 3.51. The van der Waals surface area contributed by atoms with Gasteiger partial charge in [-0.05, 0) is 49.4 Å². The predicted molar refractivity (Wildman–Crippen MR) is 78.8 cm³/mol. The van der Waals surface area contributed by atoms with E-state index >= 15 is 0 Å². The third-order valence-electron chi connectivity index (χ3n) is 2.54. The second kappa shape index (κ2) is 6.43. The fourth-order valence-corrected chi connectivity index (χ4v) is 1.99. The average Bonchev–Trinajstić information content (AvgIpc) is 2.41. The summed E-state index contributed by atoms with van der Waals surface area (Å²) in [7, 11) is 0. The number of benzene rings is 2. The molecule has 0 aliphatic carbocycles. The maximum absolute atomic E-state index is 11.1. The molecular weight excluding hydrogens is 324 g/mol. The van der Waals surface area contributed by atoms with Crippen LogP contribution in [0.1, 0.15) is 17.3 Å². The minimum Gasteiger partial charge on any atom is -0.494 e. The monoisotopic (exact) mass is 336 g/mol. The van der Waals surface area contributed by atoms with Gasteiger partial charge in [0.25, 0.3) is 0 Å². The Morgan fingerprint density at radius 1 is 1.15 bits per heavy atom. The molecule has 2 aromatic rings. The van der Waals surface area contributed by atoms with Crippen molar-refractivity contribution >= 4 is 21.9 Å². The molecule has 0 saturated heterocycles. The number of rotatable bonds is 5. The summed E-state index contributed by atoms with van der Waals surface area (Å²) < 4.78 is 11.7. The number of hydrogen-bond acceptors (Lipinski definition) is 3. The Balaban J connectivity index is 2.25. The van der Waals surface area contributed by atoms with E-state index in [1.54, 1.807) is 36.4 Å². The molecule has 0 spiro atoms. The molecule has 0 unspecified atom stereocenters. The van der Waals surface area contributed by atoms with E-state index in [4.69, 9.17) is 14.6 Å². The van der Waals surface area contributed by atoms with E-state index in [0.29, 0.717) is 12.4 Å². The summed E-state index contributed by atoms with van der Waals surface area (Å²) >= 11 is 3.30. The van der Waals surface area contributed by atoms with Crippen LogP contribution < -0.4 is 9.47 Å². The summed E-state index contributed by atoms with van der Waals surface area (Å²) in [5.41, 5.74) is 0.113.